The van der Waals surface area contributed by atoms with Gasteiger partial charge < -0.3 is 20.1 Å². The molecule has 4 rings (SSSR count). The Morgan fingerprint density at radius 1 is 1.21 bits per heavy atom. The summed E-state index contributed by atoms with van der Waals surface area (Å²) >= 11 is 0. The Labute approximate surface area is 168 Å². The van der Waals surface area contributed by atoms with Crippen molar-refractivity contribution in [1.82, 2.24) is 24.6 Å². The number of likely N-dealkylation sites (tertiary alicyclic amines) is 1. The fraction of sp³-hybridized carbons (Fsp3) is 0.400. The summed E-state index contributed by atoms with van der Waals surface area (Å²) in [7, 11) is 1.61. The fourth-order valence-corrected chi connectivity index (χ4v) is 3.60. The molecule has 0 unspecified atom stereocenters. The summed E-state index contributed by atoms with van der Waals surface area (Å²) in [6, 6.07) is 7.17. The predicted octanol–water partition coefficient (Wildman–Crippen LogP) is 1.19. The van der Waals surface area contributed by atoms with Crippen molar-refractivity contribution in [2.45, 2.75) is 18.9 Å². The van der Waals surface area contributed by atoms with Crippen molar-refractivity contribution in [1.29, 1.82) is 0 Å². The van der Waals surface area contributed by atoms with E-state index < -0.39 is 0 Å². The lowest BCUT2D eigenvalue weighted by Gasteiger charge is -2.16. The molecule has 9 nitrogen and oxygen atoms in total. The van der Waals surface area contributed by atoms with Crippen LogP contribution in [0.25, 0.3) is 11.2 Å². The Hall–Kier alpha value is -3.20. The second kappa shape index (κ2) is 8.44. The lowest BCUT2D eigenvalue weighted by molar-refractivity contribution is -0.132. The summed E-state index contributed by atoms with van der Waals surface area (Å²) in [4.78, 5) is 23.3. The van der Waals surface area contributed by atoms with Crippen molar-refractivity contribution in [3.05, 3.63) is 42.4 Å². The van der Waals surface area contributed by atoms with Gasteiger partial charge in [0.1, 0.15) is 17.0 Å². The minimum atomic E-state index is -0.0416. The first-order valence-corrected chi connectivity index (χ1v) is 9.61. The van der Waals surface area contributed by atoms with E-state index in [4.69, 9.17) is 20.3 Å². The van der Waals surface area contributed by atoms with Gasteiger partial charge in [-0.2, -0.15) is 5.10 Å². The van der Waals surface area contributed by atoms with Gasteiger partial charge >= 0.3 is 0 Å². The highest BCUT2D eigenvalue weighted by atomic mass is 16.5. The number of benzene rings is 1. The van der Waals surface area contributed by atoms with Crippen LogP contribution in [-0.2, 0) is 11.3 Å². The molecule has 1 aliphatic rings. The third kappa shape index (κ3) is 4.00. The Kier molecular flexibility index (Phi) is 5.57. The van der Waals surface area contributed by atoms with Gasteiger partial charge in [0.05, 0.1) is 19.3 Å². The summed E-state index contributed by atoms with van der Waals surface area (Å²) in [5.74, 6) is 1.46. The maximum absolute atomic E-state index is 12.6. The van der Waals surface area contributed by atoms with Crippen LogP contribution in [0, 0.1) is 0 Å². The Bertz CT molecular complexity index is 988. The topological polar surface area (TPSA) is 108 Å². The molecule has 1 aliphatic heterocycles. The first-order chi connectivity index (χ1) is 14.2. The average molecular weight is 396 g/mol. The van der Waals surface area contributed by atoms with E-state index in [1.165, 1.54) is 0 Å². The van der Waals surface area contributed by atoms with E-state index in [9.17, 15) is 4.79 Å². The van der Waals surface area contributed by atoms with Gasteiger partial charge in [-0.3, -0.25) is 4.79 Å². The van der Waals surface area contributed by atoms with Crippen molar-refractivity contribution >= 4 is 17.1 Å². The highest BCUT2D eigenvalue weighted by molar-refractivity contribution is 5.79. The second-order valence-corrected chi connectivity index (χ2v) is 6.92. The number of carbonyl (C=O) groups excluding carboxylic acids is 1. The van der Waals surface area contributed by atoms with Crippen LogP contribution in [0.1, 0.15) is 18.0 Å². The van der Waals surface area contributed by atoms with Gasteiger partial charge in [-0.25, -0.2) is 14.6 Å². The maximum Gasteiger partial charge on any atom is 0.260 e. The molecule has 1 saturated heterocycles. The highest BCUT2D eigenvalue weighted by Crippen LogP contribution is 2.30. The van der Waals surface area contributed by atoms with Crippen molar-refractivity contribution in [2.75, 3.05) is 33.4 Å². The molecule has 0 bridgehead atoms. The van der Waals surface area contributed by atoms with E-state index in [-0.39, 0.29) is 18.4 Å². The number of amides is 1. The highest BCUT2D eigenvalue weighted by Gasteiger charge is 2.31. The van der Waals surface area contributed by atoms with Gasteiger partial charge in [0.2, 0.25) is 0 Å². The molecule has 9 heteroatoms. The number of rotatable bonds is 7. The molecule has 152 valence electrons. The van der Waals surface area contributed by atoms with Crippen LogP contribution in [-0.4, -0.2) is 63.9 Å². The standard InChI is InChI=1S/C20H24N6O3/c1-28-15-2-4-16(5-3-15)29-13-17(27)25-10-6-14(12-25)18-19-20(23-9-8-22-19)26(24-18)11-7-21/h2-5,8-9,14H,6-7,10-13,21H2,1H3/t14-/m0/s1. The van der Waals surface area contributed by atoms with Gasteiger partial charge in [-0.1, -0.05) is 0 Å². The SMILES string of the molecule is COc1ccc(OCC(=O)N2CC[C@H](c3nn(CCN)c4nccnc34)C2)cc1. The molecule has 0 radical (unpaired) electrons. The molecule has 2 aromatic heterocycles. The number of fused-ring (bicyclic) bond motifs is 1. The number of nitrogens with two attached hydrogens (primary N) is 1. The average Bonchev–Trinajstić information content (AvgIpc) is 3.38. The van der Waals surface area contributed by atoms with Crippen molar-refractivity contribution in [3.8, 4) is 11.5 Å². The lowest BCUT2D eigenvalue weighted by atomic mass is 10.0. The Balaban J connectivity index is 1.41. The van der Waals surface area contributed by atoms with Gasteiger partial charge in [-0.05, 0) is 30.7 Å². The molecular formula is C20H24N6O3. The summed E-state index contributed by atoms with van der Waals surface area (Å²) < 4.78 is 12.5. The van der Waals surface area contributed by atoms with E-state index in [0.29, 0.717) is 31.9 Å². The quantitative estimate of drug-likeness (QED) is 0.639. The zero-order chi connectivity index (χ0) is 20.2. The van der Waals surface area contributed by atoms with Crippen LogP contribution < -0.4 is 15.2 Å². The van der Waals surface area contributed by atoms with Crippen LogP contribution in [0.3, 0.4) is 0 Å². The number of aromatic nitrogens is 4. The molecule has 3 heterocycles. The zero-order valence-corrected chi connectivity index (χ0v) is 16.3. The van der Waals surface area contributed by atoms with Crippen LogP contribution in [0.2, 0.25) is 0 Å². The van der Waals surface area contributed by atoms with Gasteiger partial charge in [0.15, 0.2) is 12.3 Å². The number of methoxy groups -OCH3 is 1. The largest absolute Gasteiger partial charge is 0.497 e. The van der Waals surface area contributed by atoms with E-state index in [0.717, 1.165) is 29.0 Å². The van der Waals surface area contributed by atoms with Gasteiger partial charge in [-0.15, -0.1) is 0 Å². The van der Waals surface area contributed by atoms with Crippen molar-refractivity contribution in [2.24, 2.45) is 5.73 Å². The minimum Gasteiger partial charge on any atom is -0.497 e. The minimum absolute atomic E-state index is 0.00121. The van der Waals surface area contributed by atoms with Crippen molar-refractivity contribution in [3.63, 3.8) is 0 Å². The number of carbonyl (C=O) groups is 1. The van der Waals surface area contributed by atoms with E-state index >= 15 is 0 Å². The monoisotopic (exact) mass is 396 g/mol. The normalized spacial score (nSPS) is 16.3. The number of nitrogens with zero attached hydrogens (tertiary/aromatic N) is 5. The number of hydrogen-bond acceptors (Lipinski definition) is 7. The molecule has 29 heavy (non-hydrogen) atoms. The number of hydrogen-bond donors (Lipinski definition) is 1. The van der Waals surface area contributed by atoms with Crippen LogP contribution in [0.4, 0.5) is 0 Å². The van der Waals surface area contributed by atoms with Gasteiger partial charge in [0.25, 0.3) is 5.91 Å². The molecule has 1 amide bonds. The predicted molar refractivity (Wildman–Crippen MR) is 107 cm³/mol. The first-order valence-electron chi connectivity index (χ1n) is 9.61. The third-order valence-corrected chi connectivity index (χ3v) is 5.08. The maximum atomic E-state index is 12.6. The van der Waals surface area contributed by atoms with Crippen LogP contribution >= 0.6 is 0 Å². The molecule has 2 N–H and O–H groups in total. The Morgan fingerprint density at radius 3 is 2.72 bits per heavy atom. The van der Waals surface area contributed by atoms with Crippen molar-refractivity contribution < 1.29 is 14.3 Å². The summed E-state index contributed by atoms with van der Waals surface area (Å²) in [6.45, 7) is 2.32. The van der Waals surface area contributed by atoms with Gasteiger partial charge in [0, 0.05) is 37.9 Å². The molecule has 0 spiro atoms. The lowest BCUT2D eigenvalue weighted by Crippen LogP contribution is -2.32. The first kappa shape index (κ1) is 19.1. The fourth-order valence-electron chi connectivity index (χ4n) is 3.60. The third-order valence-electron chi connectivity index (χ3n) is 5.08. The van der Waals surface area contributed by atoms with E-state index in [1.54, 1.807) is 48.5 Å². The molecule has 1 aromatic carbocycles. The second-order valence-electron chi connectivity index (χ2n) is 6.92. The molecule has 3 aromatic rings. The summed E-state index contributed by atoms with van der Waals surface area (Å²) in [6.07, 6.45) is 4.16. The smallest absolute Gasteiger partial charge is 0.260 e. The molecule has 1 atom stereocenters. The Morgan fingerprint density at radius 2 is 1.97 bits per heavy atom. The molecule has 1 fully saturated rings. The van der Waals surface area contributed by atoms with E-state index in [1.807, 2.05) is 4.90 Å². The molecule has 0 saturated carbocycles. The number of ether oxygens (including phenoxy) is 2. The molecule has 0 aliphatic carbocycles. The summed E-state index contributed by atoms with van der Waals surface area (Å²) in [5.41, 5.74) is 8.10. The zero-order valence-electron chi connectivity index (χ0n) is 16.3. The van der Waals surface area contributed by atoms with E-state index in [2.05, 4.69) is 9.97 Å². The van der Waals surface area contributed by atoms with Crippen LogP contribution in [0.5, 0.6) is 11.5 Å². The van der Waals surface area contributed by atoms with Crippen LogP contribution in [0.15, 0.2) is 36.7 Å². The molecular weight excluding hydrogens is 372 g/mol. The summed E-state index contributed by atoms with van der Waals surface area (Å²) in [5, 5.41) is 4.70.